The van der Waals surface area contributed by atoms with Gasteiger partial charge in [0.1, 0.15) is 0 Å². The molecule has 0 N–H and O–H groups in total. The molecule has 2 aromatic rings. The summed E-state index contributed by atoms with van der Waals surface area (Å²) in [7, 11) is -0.836. The summed E-state index contributed by atoms with van der Waals surface area (Å²) in [5, 5.41) is 0.371. The second-order valence-electron chi connectivity index (χ2n) is 5.04. The van der Waals surface area contributed by atoms with Gasteiger partial charge in [-0.05, 0) is 32.9 Å². The average molecular weight is 372 g/mol. The van der Waals surface area contributed by atoms with Crippen LogP contribution in [0.2, 0.25) is 0 Å². The molecule has 0 amide bonds. The first kappa shape index (κ1) is 21.8. The number of halogens is 6. The van der Waals surface area contributed by atoms with Gasteiger partial charge in [0.05, 0.1) is 11.1 Å². The third-order valence-electron chi connectivity index (χ3n) is 3.21. The van der Waals surface area contributed by atoms with Crippen LogP contribution in [0.15, 0.2) is 42.5 Å². The number of carbonyl (C=O) groups excluding carboxylic acids is 1. The Morgan fingerprint density at radius 1 is 0.840 bits per heavy atom. The van der Waals surface area contributed by atoms with Gasteiger partial charge in [0.15, 0.2) is 5.52 Å². The Balaban J connectivity index is 0.00000312. The Morgan fingerprint density at radius 3 is 1.68 bits per heavy atom. The van der Waals surface area contributed by atoms with Gasteiger partial charge >= 0.3 is 31.2 Å². The molecule has 0 saturated carbocycles. The summed E-state index contributed by atoms with van der Waals surface area (Å²) in [6, 6.07) is 7.91. The van der Waals surface area contributed by atoms with E-state index in [1.165, 1.54) is 12.1 Å². The van der Waals surface area contributed by atoms with Crippen molar-refractivity contribution in [2.45, 2.75) is 19.3 Å². The van der Waals surface area contributed by atoms with E-state index in [0.29, 0.717) is 23.5 Å². The number of rotatable bonds is 3. The first-order valence-electron chi connectivity index (χ1n) is 6.65. The zero-order chi connectivity index (χ0) is 18.1. The summed E-state index contributed by atoms with van der Waals surface area (Å²) in [6.45, 7) is 1.77. The van der Waals surface area contributed by atoms with Crippen molar-refractivity contribution in [3.63, 3.8) is 0 Å². The van der Waals surface area contributed by atoms with Crippen molar-refractivity contribution in [3.8, 4) is 0 Å². The topological polar surface area (TPSA) is 17.1 Å². The van der Waals surface area contributed by atoms with Crippen LogP contribution in [0.1, 0.15) is 27.0 Å². The molecule has 0 radical (unpaired) electrons. The van der Waals surface area contributed by atoms with Crippen LogP contribution in [0.5, 0.6) is 0 Å². The van der Waals surface area contributed by atoms with Gasteiger partial charge in [0.25, 0.3) is 0 Å². The van der Waals surface area contributed by atoms with Crippen LogP contribution in [0.3, 0.4) is 0 Å². The molecule has 0 aliphatic heterocycles. The van der Waals surface area contributed by atoms with Gasteiger partial charge in [0, 0.05) is 5.56 Å². The fourth-order valence-corrected chi connectivity index (χ4v) is 3.09. The van der Waals surface area contributed by atoms with E-state index >= 15 is 0 Å². The summed E-state index contributed by atoms with van der Waals surface area (Å²) >= 11 is 0. The molecule has 9 heteroatoms. The molecule has 0 spiro atoms. The van der Waals surface area contributed by atoms with Gasteiger partial charge in [-0.2, -0.15) is 26.3 Å². The van der Waals surface area contributed by atoms with Crippen LogP contribution in [0, 0.1) is 6.92 Å². The monoisotopic (exact) mass is 372 g/mol. The molecule has 1 unspecified atom stereocenters. The fraction of sp³-hybridized carbons (Fsp3) is 0.188. The van der Waals surface area contributed by atoms with Crippen molar-refractivity contribution >= 4 is 38.3 Å². The van der Waals surface area contributed by atoms with E-state index in [4.69, 9.17) is 0 Å². The molecular formula is C16H12F6LiOP. The Labute approximate surface area is 153 Å². The molecule has 2 rings (SSSR count). The molecule has 0 fully saturated rings. The second kappa shape index (κ2) is 7.95. The van der Waals surface area contributed by atoms with Gasteiger partial charge < -0.3 is 0 Å². The molecule has 1 nitrogen and oxygen atoms in total. The third-order valence-corrected chi connectivity index (χ3v) is 4.31. The summed E-state index contributed by atoms with van der Waals surface area (Å²) in [6.07, 6.45) is -10.1. The molecule has 0 heterocycles. The first-order valence-corrected chi connectivity index (χ1v) is 7.65. The molecule has 0 aliphatic carbocycles. The molecule has 25 heavy (non-hydrogen) atoms. The Kier molecular flexibility index (Phi) is 6.92. The van der Waals surface area contributed by atoms with Crippen molar-refractivity contribution in [2.75, 3.05) is 0 Å². The minimum absolute atomic E-state index is 0. The zero-order valence-electron chi connectivity index (χ0n) is 12.2. The van der Waals surface area contributed by atoms with Crippen molar-refractivity contribution < 1.29 is 31.1 Å². The van der Waals surface area contributed by atoms with Crippen LogP contribution in [-0.2, 0) is 12.4 Å². The van der Waals surface area contributed by atoms with Gasteiger partial charge in [-0.25, -0.2) is 0 Å². The minimum atomic E-state index is -5.05. The van der Waals surface area contributed by atoms with E-state index in [0.717, 1.165) is 5.56 Å². The Hall–Kier alpha value is -1.28. The number of aryl methyl sites for hydroxylation is 1. The Morgan fingerprint density at radius 2 is 1.28 bits per heavy atom. The van der Waals surface area contributed by atoms with Crippen LogP contribution in [-0.4, -0.2) is 24.4 Å². The van der Waals surface area contributed by atoms with Gasteiger partial charge in [-0.15, -0.1) is 0 Å². The maximum absolute atomic E-state index is 13.1. The molecule has 130 valence electrons. The molecule has 0 saturated heterocycles. The van der Waals surface area contributed by atoms with E-state index in [1.54, 1.807) is 19.1 Å². The van der Waals surface area contributed by atoms with Gasteiger partial charge in [0.2, 0.25) is 0 Å². The number of hydrogen-bond donors (Lipinski definition) is 0. The molecule has 2 aromatic carbocycles. The van der Waals surface area contributed by atoms with Crippen molar-refractivity contribution in [1.82, 2.24) is 0 Å². The molecule has 0 aliphatic rings. The number of alkyl halides is 6. The first-order chi connectivity index (χ1) is 11.0. The number of hydrogen-bond acceptors (Lipinski definition) is 1. The SMILES string of the molecule is Cc1ccc(PC(=O)c2c(C(F)(F)F)cccc2C(F)(F)F)cc1.[LiH]. The number of benzene rings is 2. The van der Waals surface area contributed by atoms with Crippen molar-refractivity contribution in [1.29, 1.82) is 0 Å². The van der Waals surface area contributed by atoms with Gasteiger partial charge in [-0.1, -0.05) is 35.9 Å². The molecule has 0 aromatic heterocycles. The molecular weight excluding hydrogens is 360 g/mol. The third kappa shape index (κ3) is 5.34. The standard InChI is InChI=1S/C16H11F6OP.Li.H/c1-9-5-7-10(8-6-9)24-14(23)13-11(15(17,18)19)3-2-4-12(13)16(20,21)22;;/h2-8,24H,1H3;;. The quantitative estimate of drug-likeness (QED) is 0.440. The average Bonchev–Trinajstić information content (AvgIpc) is 2.47. The van der Waals surface area contributed by atoms with Crippen LogP contribution >= 0.6 is 8.58 Å². The molecule has 1 atom stereocenters. The summed E-state index contributed by atoms with van der Waals surface area (Å²) < 4.78 is 78.3. The number of carbonyl (C=O) groups is 1. The van der Waals surface area contributed by atoms with Crippen molar-refractivity contribution in [3.05, 3.63) is 64.7 Å². The maximum atomic E-state index is 13.1. The zero-order valence-corrected chi connectivity index (χ0v) is 13.2. The Bertz CT molecular complexity index is 720. The van der Waals surface area contributed by atoms with Crippen LogP contribution in [0.4, 0.5) is 26.3 Å². The van der Waals surface area contributed by atoms with Crippen LogP contribution < -0.4 is 5.30 Å². The van der Waals surface area contributed by atoms with Crippen molar-refractivity contribution in [2.24, 2.45) is 0 Å². The second-order valence-corrected chi connectivity index (χ2v) is 6.33. The summed E-state index contributed by atoms with van der Waals surface area (Å²) in [5.74, 6) is 0. The summed E-state index contributed by atoms with van der Waals surface area (Å²) in [4.78, 5) is 12.2. The predicted octanol–water partition coefficient (Wildman–Crippen LogP) is 4.53. The fourth-order valence-electron chi connectivity index (χ4n) is 2.10. The predicted molar refractivity (Wildman–Crippen MR) is 87.1 cm³/mol. The molecule has 0 bridgehead atoms. The summed E-state index contributed by atoms with van der Waals surface area (Å²) in [5.41, 5.74) is -4.79. The van der Waals surface area contributed by atoms with E-state index in [1.807, 2.05) is 0 Å². The normalized spacial score (nSPS) is 12.3. The van der Waals surface area contributed by atoms with E-state index < -0.39 is 43.1 Å². The van der Waals surface area contributed by atoms with E-state index in [-0.39, 0.29) is 18.9 Å². The van der Waals surface area contributed by atoms with Crippen LogP contribution in [0.25, 0.3) is 0 Å². The van der Waals surface area contributed by atoms with E-state index in [9.17, 15) is 31.1 Å². The van der Waals surface area contributed by atoms with Gasteiger partial charge in [-0.3, -0.25) is 4.79 Å². The van der Waals surface area contributed by atoms with E-state index in [2.05, 4.69) is 0 Å².